The van der Waals surface area contributed by atoms with Gasteiger partial charge in [0.05, 0.1) is 7.85 Å². The van der Waals surface area contributed by atoms with Crippen LogP contribution in [-0.4, -0.2) is 14.5 Å². The molecule has 0 aliphatic heterocycles. The Labute approximate surface area is 56.0 Å². The summed E-state index contributed by atoms with van der Waals surface area (Å²) in [6, 6.07) is 0. The summed E-state index contributed by atoms with van der Waals surface area (Å²) in [5.74, 6) is 0. The van der Waals surface area contributed by atoms with E-state index in [-0.39, 0.29) is 5.44 Å². The number of hydrogen-bond donors (Lipinski definition) is 0. The molecule has 40 valence electrons. The molecule has 4 heteroatoms. The zero-order valence-corrected chi connectivity index (χ0v) is 6.92. The van der Waals surface area contributed by atoms with Gasteiger partial charge in [-0.15, -0.1) is 22.2 Å². The van der Waals surface area contributed by atoms with Gasteiger partial charge in [0.1, 0.15) is 0 Å². The molecule has 0 nitrogen and oxygen atoms in total. The number of rotatable bonds is 1. The molecule has 0 aromatic carbocycles. The second-order valence-corrected chi connectivity index (χ2v) is 9.86. The van der Waals surface area contributed by atoms with Gasteiger partial charge in [-0.2, -0.15) is 0 Å². The Morgan fingerprint density at radius 2 is 1.71 bits per heavy atom. The Hall–Kier alpha value is 0.862. The third kappa shape index (κ3) is 3.44. The topological polar surface area (TPSA) is 0 Å². The largest absolute Gasteiger partial charge is 0.243 e. The van der Waals surface area contributed by atoms with Crippen LogP contribution in [0.4, 0.5) is 0 Å². The van der Waals surface area contributed by atoms with Crippen LogP contribution in [-0.2, 0) is 0 Å². The summed E-state index contributed by atoms with van der Waals surface area (Å²) in [7, 11) is 5.37. The minimum Gasteiger partial charge on any atom is -0.147 e. The van der Waals surface area contributed by atoms with Crippen molar-refractivity contribution >= 4 is 36.7 Å². The Kier molecular flexibility index (Phi) is 2.72. The van der Waals surface area contributed by atoms with Gasteiger partial charge in [-0.1, -0.05) is 12.4 Å². The highest BCUT2D eigenvalue weighted by Gasteiger charge is 2.24. The van der Waals surface area contributed by atoms with Crippen LogP contribution in [0.5, 0.6) is 0 Å². The standard InChI is InChI=1S/C3H7BCl2Si/c1-3(4)7(2,5)6/h3H,1-2H3. The Bertz CT molecular complexity index is 58.4. The Morgan fingerprint density at radius 3 is 1.71 bits per heavy atom. The SMILES string of the molecule is [B]C(C)[Si](C)(Cl)Cl. The lowest BCUT2D eigenvalue weighted by Gasteiger charge is -2.13. The highest BCUT2D eigenvalue weighted by atomic mass is 35.7. The van der Waals surface area contributed by atoms with Gasteiger partial charge in [-0.3, -0.25) is 0 Å². The van der Waals surface area contributed by atoms with Crippen LogP contribution in [0.25, 0.3) is 0 Å². The predicted octanol–water partition coefficient (Wildman–Crippen LogP) is 2.05. The quantitative estimate of drug-likeness (QED) is 0.399. The molecule has 0 fully saturated rings. The summed E-state index contributed by atoms with van der Waals surface area (Å²) in [5, 5.41) is 0. The van der Waals surface area contributed by atoms with Crippen LogP contribution in [0.2, 0.25) is 12.0 Å². The molecule has 0 heterocycles. The molecule has 1 atom stereocenters. The van der Waals surface area contributed by atoms with E-state index in [2.05, 4.69) is 0 Å². The monoisotopic (exact) mass is 152 g/mol. The molecule has 0 rings (SSSR count). The maximum atomic E-state index is 5.65. The molecule has 0 spiro atoms. The van der Waals surface area contributed by atoms with Gasteiger partial charge in [-0.05, 0) is 6.55 Å². The normalized spacial score (nSPS) is 16.6. The van der Waals surface area contributed by atoms with Crippen molar-refractivity contribution in [1.82, 2.24) is 0 Å². The minimum absolute atomic E-state index is 0.0316. The smallest absolute Gasteiger partial charge is 0.147 e. The van der Waals surface area contributed by atoms with Crippen molar-refractivity contribution in [1.29, 1.82) is 0 Å². The van der Waals surface area contributed by atoms with Gasteiger partial charge in [0, 0.05) is 0 Å². The van der Waals surface area contributed by atoms with E-state index in [1.165, 1.54) is 0 Å². The van der Waals surface area contributed by atoms with Crippen LogP contribution in [0.15, 0.2) is 0 Å². The average molecular weight is 153 g/mol. The molecule has 0 aromatic heterocycles. The van der Waals surface area contributed by atoms with Gasteiger partial charge >= 0.3 is 0 Å². The first kappa shape index (κ1) is 7.86. The summed E-state index contributed by atoms with van der Waals surface area (Å²) in [6.07, 6.45) is 0. The molecule has 0 bridgehead atoms. The van der Waals surface area contributed by atoms with Crippen molar-refractivity contribution in [2.45, 2.75) is 18.9 Å². The van der Waals surface area contributed by atoms with E-state index < -0.39 is 6.69 Å². The lowest BCUT2D eigenvalue weighted by atomic mass is 10.1. The predicted molar refractivity (Wildman–Crippen MR) is 38.5 cm³/mol. The fraction of sp³-hybridized carbons (Fsp3) is 1.00. The molecule has 1 unspecified atom stereocenters. The molecule has 7 heavy (non-hydrogen) atoms. The van der Waals surface area contributed by atoms with E-state index in [9.17, 15) is 0 Å². The first-order valence-electron chi connectivity index (χ1n) is 2.08. The fourth-order valence-electron chi connectivity index (χ4n) is 0. The maximum absolute atomic E-state index is 5.65. The van der Waals surface area contributed by atoms with Crippen molar-refractivity contribution in [3.63, 3.8) is 0 Å². The summed E-state index contributed by atoms with van der Waals surface area (Å²) >= 11 is 11.3. The fourth-order valence-corrected chi connectivity index (χ4v) is 0. The summed E-state index contributed by atoms with van der Waals surface area (Å²) in [4.78, 5) is 0. The van der Waals surface area contributed by atoms with E-state index in [0.29, 0.717) is 0 Å². The lowest BCUT2D eigenvalue weighted by molar-refractivity contribution is 1.32. The van der Waals surface area contributed by atoms with Crippen LogP contribution >= 0.6 is 22.2 Å². The number of halogens is 2. The maximum Gasteiger partial charge on any atom is 0.243 e. The van der Waals surface area contributed by atoms with Crippen LogP contribution < -0.4 is 0 Å². The van der Waals surface area contributed by atoms with Gasteiger partial charge in [-0.25, -0.2) is 0 Å². The van der Waals surface area contributed by atoms with Crippen LogP contribution in [0, 0.1) is 0 Å². The highest BCUT2D eigenvalue weighted by molar-refractivity contribution is 7.46. The van der Waals surface area contributed by atoms with Crippen molar-refractivity contribution in [3.8, 4) is 0 Å². The summed E-state index contributed by atoms with van der Waals surface area (Å²) < 4.78 is 0. The molecule has 0 aliphatic rings. The molecule has 0 saturated heterocycles. The van der Waals surface area contributed by atoms with E-state index in [1.54, 1.807) is 6.55 Å². The lowest BCUT2D eigenvalue weighted by Crippen LogP contribution is -2.19. The first-order valence-corrected chi connectivity index (χ1v) is 6.68. The third-order valence-electron chi connectivity index (χ3n) is 0.800. The highest BCUT2D eigenvalue weighted by Crippen LogP contribution is 2.25. The van der Waals surface area contributed by atoms with Gasteiger partial charge < -0.3 is 0 Å². The zero-order valence-electron chi connectivity index (χ0n) is 4.41. The minimum atomic E-state index is -2.01. The summed E-state index contributed by atoms with van der Waals surface area (Å²) in [6.45, 7) is 1.62. The van der Waals surface area contributed by atoms with Gasteiger partial charge in [0.2, 0.25) is 6.69 Å². The zero-order chi connectivity index (χ0) is 6.08. The molecule has 0 N–H and O–H groups in total. The second kappa shape index (κ2) is 2.42. The van der Waals surface area contributed by atoms with Crippen molar-refractivity contribution in [2.24, 2.45) is 0 Å². The third-order valence-corrected chi connectivity index (χ3v) is 4.46. The molecule has 0 amide bonds. The molecular formula is C3H7BCl2Si. The second-order valence-electron chi connectivity index (χ2n) is 1.74. The Morgan fingerprint density at radius 1 is 1.57 bits per heavy atom. The molecule has 0 aliphatic carbocycles. The first-order chi connectivity index (χ1) is 2.94. The van der Waals surface area contributed by atoms with E-state index in [1.807, 2.05) is 6.92 Å². The summed E-state index contributed by atoms with van der Waals surface area (Å²) in [5.41, 5.74) is -0.0316. The number of hydrogen-bond acceptors (Lipinski definition) is 0. The van der Waals surface area contributed by atoms with E-state index >= 15 is 0 Å². The van der Waals surface area contributed by atoms with Gasteiger partial charge in [0.15, 0.2) is 0 Å². The Balaban J connectivity index is 3.54. The molecule has 0 saturated carbocycles. The van der Waals surface area contributed by atoms with Crippen LogP contribution in [0.3, 0.4) is 0 Å². The molecular weight excluding hydrogens is 146 g/mol. The van der Waals surface area contributed by atoms with E-state index in [0.717, 1.165) is 0 Å². The van der Waals surface area contributed by atoms with Crippen LogP contribution in [0.1, 0.15) is 6.92 Å². The van der Waals surface area contributed by atoms with E-state index in [4.69, 9.17) is 30.0 Å². The van der Waals surface area contributed by atoms with Crippen molar-refractivity contribution < 1.29 is 0 Å². The van der Waals surface area contributed by atoms with Crippen molar-refractivity contribution in [2.75, 3.05) is 0 Å². The molecule has 0 aromatic rings. The van der Waals surface area contributed by atoms with Gasteiger partial charge in [0.25, 0.3) is 0 Å². The van der Waals surface area contributed by atoms with Crippen molar-refractivity contribution in [3.05, 3.63) is 0 Å². The average Bonchev–Trinajstić information content (AvgIpc) is 1.31. The molecule has 2 radical (unpaired) electrons.